The molecule has 0 aliphatic heterocycles. The van der Waals surface area contributed by atoms with E-state index < -0.39 is 7.82 Å². The monoisotopic (exact) mass is 476 g/mol. The molecule has 0 aromatic rings. The standard InChI is InChI=1S/C27H57O4P/c1-22(19-25(4,5)6)13-16-29-32(28,30-17-14-23(2)20-26(7,8)9)31-18-15-24(3)21-27(10,11)12/h22-24H,13-21H2,1-12H3. The molecular formula is C27H57O4P. The zero-order valence-corrected chi connectivity index (χ0v) is 24.6. The van der Waals surface area contributed by atoms with Gasteiger partial charge in [0.1, 0.15) is 0 Å². The van der Waals surface area contributed by atoms with Crippen LogP contribution in [0.25, 0.3) is 0 Å². The number of rotatable bonds is 15. The molecule has 0 fully saturated rings. The van der Waals surface area contributed by atoms with E-state index in [1.807, 2.05) is 0 Å². The first-order valence-electron chi connectivity index (χ1n) is 12.8. The van der Waals surface area contributed by atoms with Crippen LogP contribution in [0.4, 0.5) is 0 Å². The highest BCUT2D eigenvalue weighted by Crippen LogP contribution is 2.50. The Bertz CT molecular complexity index is 463. The van der Waals surface area contributed by atoms with Crippen LogP contribution in [0.3, 0.4) is 0 Å². The third-order valence-corrected chi connectivity index (χ3v) is 6.96. The van der Waals surface area contributed by atoms with Crippen LogP contribution in [-0.4, -0.2) is 19.8 Å². The first kappa shape index (κ1) is 32.1. The van der Waals surface area contributed by atoms with E-state index in [1.54, 1.807) is 0 Å². The van der Waals surface area contributed by atoms with Crippen molar-refractivity contribution in [2.24, 2.45) is 34.0 Å². The van der Waals surface area contributed by atoms with Crippen LogP contribution in [0.2, 0.25) is 0 Å². The molecule has 3 unspecified atom stereocenters. The molecule has 0 amide bonds. The largest absolute Gasteiger partial charge is 0.474 e. The Kier molecular flexibility index (Phi) is 13.9. The maximum absolute atomic E-state index is 13.3. The summed E-state index contributed by atoms with van der Waals surface area (Å²) < 4.78 is 30.7. The lowest BCUT2D eigenvalue weighted by molar-refractivity contribution is 0.0956. The SMILES string of the molecule is CC(CCOP(=O)(OCCC(C)CC(C)(C)C)OCCC(C)CC(C)(C)C)CC(C)(C)C. The smallest absolute Gasteiger partial charge is 0.287 e. The molecule has 0 spiro atoms. The van der Waals surface area contributed by atoms with Gasteiger partial charge in [0, 0.05) is 0 Å². The number of hydrogen-bond acceptors (Lipinski definition) is 4. The summed E-state index contributed by atoms with van der Waals surface area (Å²) in [6.07, 6.45) is 5.89. The van der Waals surface area contributed by atoms with Gasteiger partial charge in [0.15, 0.2) is 0 Å². The summed E-state index contributed by atoms with van der Waals surface area (Å²) in [7, 11) is -3.54. The van der Waals surface area contributed by atoms with Gasteiger partial charge in [-0.15, -0.1) is 0 Å². The van der Waals surface area contributed by atoms with E-state index >= 15 is 0 Å². The lowest BCUT2D eigenvalue weighted by Crippen LogP contribution is -2.15. The lowest BCUT2D eigenvalue weighted by Gasteiger charge is -2.26. The van der Waals surface area contributed by atoms with Crippen molar-refractivity contribution in [3.8, 4) is 0 Å². The second kappa shape index (κ2) is 13.9. The summed E-state index contributed by atoms with van der Waals surface area (Å²) in [5.74, 6) is 1.51. The van der Waals surface area contributed by atoms with Gasteiger partial charge >= 0.3 is 7.82 Å². The molecule has 3 atom stereocenters. The molecule has 0 aromatic heterocycles. The first-order chi connectivity index (χ1) is 14.3. The molecule has 0 saturated carbocycles. The van der Waals surface area contributed by atoms with Crippen LogP contribution >= 0.6 is 7.82 Å². The Morgan fingerprint density at radius 2 is 0.750 bits per heavy atom. The van der Waals surface area contributed by atoms with E-state index in [0.717, 1.165) is 38.5 Å². The molecule has 0 saturated heterocycles. The first-order valence-corrected chi connectivity index (χ1v) is 14.3. The van der Waals surface area contributed by atoms with Crippen LogP contribution in [0.1, 0.15) is 122 Å². The highest BCUT2D eigenvalue weighted by Gasteiger charge is 2.28. The van der Waals surface area contributed by atoms with Crippen LogP contribution in [0, 0.1) is 34.0 Å². The van der Waals surface area contributed by atoms with Gasteiger partial charge in [-0.05, 0) is 72.5 Å². The average Bonchev–Trinajstić information content (AvgIpc) is 2.49. The maximum atomic E-state index is 13.3. The highest BCUT2D eigenvalue weighted by atomic mass is 31.2. The summed E-state index contributed by atoms with van der Waals surface area (Å²) in [5, 5.41) is 0. The van der Waals surface area contributed by atoms with Gasteiger partial charge in [-0.2, -0.15) is 0 Å². The van der Waals surface area contributed by atoms with Gasteiger partial charge in [0.2, 0.25) is 0 Å². The Morgan fingerprint density at radius 3 is 0.938 bits per heavy atom. The zero-order chi connectivity index (χ0) is 25.2. The van der Waals surface area contributed by atoms with E-state index in [2.05, 4.69) is 83.1 Å². The average molecular weight is 477 g/mol. The van der Waals surface area contributed by atoms with E-state index in [0.29, 0.717) is 37.6 Å². The summed E-state index contributed by atoms with van der Waals surface area (Å²) in [5.41, 5.74) is 0.841. The van der Waals surface area contributed by atoms with Crippen LogP contribution in [-0.2, 0) is 18.1 Å². The molecule has 0 heterocycles. The fourth-order valence-corrected chi connectivity index (χ4v) is 5.86. The predicted molar refractivity (Wildman–Crippen MR) is 139 cm³/mol. The molecular weight excluding hydrogens is 419 g/mol. The fourth-order valence-electron chi connectivity index (χ4n) is 4.65. The van der Waals surface area contributed by atoms with Gasteiger partial charge in [0.05, 0.1) is 19.8 Å². The van der Waals surface area contributed by atoms with Crippen molar-refractivity contribution < 1.29 is 18.1 Å². The predicted octanol–water partition coefficient (Wildman–Crippen LogP) is 9.53. The Labute approximate surface area is 201 Å². The number of phosphoric ester groups is 1. The van der Waals surface area contributed by atoms with Crippen molar-refractivity contribution in [2.45, 2.75) is 122 Å². The van der Waals surface area contributed by atoms with Gasteiger partial charge in [-0.25, -0.2) is 4.57 Å². The molecule has 0 aromatic carbocycles. The third kappa shape index (κ3) is 19.6. The Hall–Kier alpha value is 0.110. The molecule has 5 heteroatoms. The van der Waals surface area contributed by atoms with Crippen molar-refractivity contribution in [1.29, 1.82) is 0 Å². The van der Waals surface area contributed by atoms with Crippen molar-refractivity contribution in [2.75, 3.05) is 19.8 Å². The molecule has 0 aliphatic rings. The fraction of sp³-hybridized carbons (Fsp3) is 1.00. The maximum Gasteiger partial charge on any atom is 0.474 e. The third-order valence-electron chi connectivity index (χ3n) is 5.46. The van der Waals surface area contributed by atoms with E-state index in [4.69, 9.17) is 13.6 Å². The molecule has 0 bridgehead atoms. The highest BCUT2D eigenvalue weighted by molar-refractivity contribution is 7.48. The summed E-state index contributed by atoms with van der Waals surface area (Å²) >= 11 is 0. The molecule has 32 heavy (non-hydrogen) atoms. The summed E-state index contributed by atoms with van der Waals surface area (Å²) in [4.78, 5) is 0. The summed E-state index contributed by atoms with van der Waals surface area (Å²) in [6, 6.07) is 0. The second-order valence-electron chi connectivity index (χ2n) is 13.9. The minimum Gasteiger partial charge on any atom is -0.287 e. The van der Waals surface area contributed by atoms with Gasteiger partial charge in [0.25, 0.3) is 0 Å². The van der Waals surface area contributed by atoms with Gasteiger partial charge < -0.3 is 0 Å². The van der Waals surface area contributed by atoms with Crippen molar-refractivity contribution in [3.63, 3.8) is 0 Å². The van der Waals surface area contributed by atoms with E-state index in [-0.39, 0.29) is 16.2 Å². The minimum atomic E-state index is -3.54. The topological polar surface area (TPSA) is 44.8 Å². The van der Waals surface area contributed by atoms with Crippen LogP contribution < -0.4 is 0 Å². The lowest BCUT2D eigenvalue weighted by atomic mass is 9.84. The second-order valence-corrected chi connectivity index (χ2v) is 15.6. The molecule has 0 aliphatic carbocycles. The molecule has 0 N–H and O–H groups in total. The molecule has 0 rings (SSSR count). The molecule has 0 radical (unpaired) electrons. The van der Waals surface area contributed by atoms with Gasteiger partial charge in [-0.3, -0.25) is 13.6 Å². The zero-order valence-electron chi connectivity index (χ0n) is 23.7. The van der Waals surface area contributed by atoms with Crippen LogP contribution in [0.5, 0.6) is 0 Å². The van der Waals surface area contributed by atoms with Crippen molar-refractivity contribution in [3.05, 3.63) is 0 Å². The number of hydrogen-bond donors (Lipinski definition) is 0. The minimum absolute atomic E-state index is 0.280. The Morgan fingerprint density at radius 1 is 0.531 bits per heavy atom. The van der Waals surface area contributed by atoms with E-state index in [9.17, 15) is 4.57 Å². The van der Waals surface area contributed by atoms with Crippen molar-refractivity contribution >= 4 is 7.82 Å². The van der Waals surface area contributed by atoms with Crippen molar-refractivity contribution in [1.82, 2.24) is 0 Å². The summed E-state index contributed by atoms with van der Waals surface area (Å²) in [6.45, 7) is 28.1. The van der Waals surface area contributed by atoms with E-state index in [1.165, 1.54) is 0 Å². The van der Waals surface area contributed by atoms with Crippen LogP contribution in [0.15, 0.2) is 0 Å². The Balaban J connectivity index is 4.76. The normalized spacial score (nSPS) is 18.2. The van der Waals surface area contributed by atoms with Gasteiger partial charge in [-0.1, -0.05) is 83.1 Å². The molecule has 194 valence electrons. The quantitative estimate of drug-likeness (QED) is 0.221. The number of phosphoric acid groups is 1. The molecule has 4 nitrogen and oxygen atoms in total.